The molecule has 1 aliphatic rings. The predicted octanol–water partition coefficient (Wildman–Crippen LogP) is 1.71. The molecule has 0 bridgehead atoms. The van der Waals surface area contributed by atoms with Gasteiger partial charge in [-0.15, -0.1) is 0 Å². The smallest absolute Gasteiger partial charge is 0.0798 e. The van der Waals surface area contributed by atoms with Gasteiger partial charge in [-0.05, 0) is 27.7 Å². The predicted molar refractivity (Wildman–Crippen MR) is 46.0 cm³/mol. The molecule has 1 rings (SSSR count). The molecule has 0 unspecified atom stereocenters. The van der Waals surface area contributed by atoms with Crippen LogP contribution in [0.3, 0.4) is 0 Å². The lowest BCUT2D eigenvalue weighted by Gasteiger charge is -2.49. The molecule has 1 aliphatic carbocycles. The zero-order valence-electron chi connectivity index (χ0n) is 7.79. The highest BCUT2D eigenvalue weighted by atomic mass is 16.4. The highest BCUT2D eigenvalue weighted by Crippen LogP contribution is 2.47. The molecule has 0 aliphatic heterocycles. The topological polar surface area (TPSA) is 65.2 Å². The molecular formula is C8H14N2O2. The first kappa shape index (κ1) is 9.03. The highest BCUT2D eigenvalue weighted by Gasteiger charge is 2.58. The van der Waals surface area contributed by atoms with Crippen LogP contribution in [-0.4, -0.2) is 21.8 Å². The van der Waals surface area contributed by atoms with Gasteiger partial charge in [0.1, 0.15) is 0 Å². The van der Waals surface area contributed by atoms with Crippen molar-refractivity contribution in [3.05, 3.63) is 0 Å². The zero-order chi connectivity index (χ0) is 9.57. The fourth-order valence-corrected chi connectivity index (χ4v) is 2.22. The quantitative estimate of drug-likeness (QED) is 0.429. The molecule has 4 heteroatoms. The van der Waals surface area contributed by atoms with Crippen LogP contribution in [0.5, 0.6) is 0 Å². The van der Waals surface area contributed by atoms with E-state index in [1.54, 1.807) is 0 Å². The van der Waals surface area contributed by atoms with Gasteiger partial charge in [-0.25, -0.2) is 0 Å². The average molecular weight is 170 g/mol. The van der Waals surface area contributed by atoms with E-state index in [2.05, 4.69) is 10.3 Å². The largest absolute Gasteiger partial charge is 0.411 e. The molecule has 0 amide bonds. The van der Waals surface area contributed by atoms with E-state index in [1.807, 2.05) is 27.7 Å². The Morgan fingerprint density at radius 3 is 1.25 bits per heavy atom. The molecule has 0 heterocycles. The molecule has 0 atom stereocenters. The van der Waals surface area contributed by atoms with Gasteiger partial charge >= 0.3 is 0 Å². The molecule has 0 aromatic heterocycles. The minimum Gasteiger partial charge on any atom is -0.411 e. The van der Waals surface area contributed by atoms with Gasteiger partial charge in [0.05, 0.1) is 11.4 Å². The van der Waals surface area contributed by atoms with Crippen molar-refractivity contribution in [2.75, 3.05) is 0 Å². The molecule has 12 heavy (non-hydrogen) atoms. The van der Waals surface area contributed by atoms with Crippen molar-refractivity contribution in [1.82, 2.24) is 0 Å². The first-order valence-electron chi connectivity index (χ1n) is 3.85. The Balaban J connectivity index is 3.15. The van der Waals surface area contributed by atoms with E-state index in [-0.39, 0.29) is 0 Å². The third kappa shape index (κ3) is 0.777. The summed E-state index contributed by atoms with van der Waals surface area (Å²) in [5.74, 6) is 0. The van der Waals surface area contributed by atoms with Crippen LogP contribution in [-0.2, 0) is 0 Å². The van der Waals surface area contributed by atoms with Crippen molar-refractivity contribution in [2.45, 2.75) is 27.7 Å². The Morgan fingerprint density at radius 1 is 0.833 bits per heavy atom. The van der Waals surface area contributed by atoms with Crippen LogP contribution >= 0.6 is 0 Å². The minimum absolute atomic E-state index is 0.410. The van der Waals surface area contributed by atoms with Crippen molar-refractivity contribution in [3.63, 3.8) is 0 Å². The van der Waals surface area contributed by atoms with E-state index in [1.165, 1.54) is 0 Å². The first-order valence-corrected chi connectivity index (χ1v) is 3.85. The summed E-state index contributed by atoms with van der Waals surface area (Å²) in [5.41, 5.74) is 0.491. The van der Waals surface area contributed by atoms with Gasteiger partial charge in [0.15, 0.2) is 0 Å². The summed E-state index contributed by atoms with van der Waals surface area (Å²) < 4.78 is 0. The summed E-state index contributed by atoms with van der Waals surface area (Å²) >= 11 is 0. The minimum atomic E-state index is -0.410. The van der Waals surface area contributed by atoms with Crippen molar-refractivity contribution < 1.29 is 10.4 Å². The molecule has 68 valence electrons. The lowest BCUT2D eigenvalue weighted by Crippen LogP contribution is -2.61. The van der Waals surface area contributed by atoms with Crippen LogP contribution in [0.15, 0.2) is 10.3 Å². The molecule has 1 saturated carbocycles. The number of rotatable bonds is 0. The van der Waals surface area contributed by atoms with Gasteiger partial charge in [-0.2, -0.15) is 0 Å². The molecule has 0 aromatic carbocycles. The summed E-state index contributed by atoms with van der Waals surface area (Å²) in [6, 6.07) is 0. The van der Waals surface area contributed by atoms with Crippen molar-refractivity contribution in [3.8, 4) is 0 Å². The number of nitrogens with zero attached hydrogens (tertiary/aromatic N) is 2. The van der Waals surface area contributed by atoms with Gasteiger partial charge in [0.2, 0.25) is 0 Å². The van der Waals surface area contributed by atoms with E-state index >= 15 is 0 Å². The van der Waals surface area contributed by atoms with Crippen LogP contribution in [0.25, 0.3) is 0 Å². The third-order valence-electron chi connectivity index (χ3n) is 2.57. The van der Waals surface area contributed by atoms with Crippen LogP contribution in [0.2, 0.25) is 0 Å². The molecule has 0 spiro atoms. The maximum absolute atomic E-state index is 8.72. The molecule has 0 saturated heterocycles. The van der Waals surface area contributed by atoms with Crippen molar-refractivity contribution in [2.24, 2.45) is 21.1 Å². The normalized spacial score (nSPS) is 24.7. The molecule has 0 radical (unpaired) electrons. The van der Waals surface area contributed by atoms with Gasteiger partial charge in [-0.1, -0.05) is 10.3 Å². The zero-order valence-corrected chi connectivity index (χ0v) is 7.79. The van der Waals surface area contributed by atoms with Gasteiger partial charge in [0.25, 0.3) is 0 Å². The SMILES string of the molecule is CC1(C)C(=NO)C(C)(C)C1=NO. The Morgan fingerprint density at radius 2 is 1.08 bits per heavy atom. The molecule has 0 aromatic rings. The summed E-state index contributed by atoms with van der Waals surface area (Å²) in [4.78, 5) is 0. The van der Waals surface area contributed by atoms with E-state index in [0.717, 1.165) is 0 Å². The summed E-state index contributed by atoms with van der Waals surface area (Å²) in [6.45, 7) is 7.45. The number of hydrogen-bond acceptors (Lipinski definition) is 4. The Bertz CT molecular complexity index is 220. The van der Waals surface area contributed by atoms with E-state index in [9.17, 15) is 0 Å². The van der Waals surface area contributed by atoms with Gasteiger partial charge in [0, 0.05) is 10.8 Å². The molecule has 2 N–H and O–H groups in total. The van der Waals surface area contributed by atoms with Crippen LogP contribution < -0.4 is 0 Å². The number of oxime groups is 2. The second-order valence-corrected chi connectivity index (χ2v) is 4.15. The fourth-order valence-electron chi connectivity index (χ4n) is 2.22. The molecular weight excluding hydrogens is 156 g/mol. The summed E-state index contributed by atoms with van der Waals surface area (Å²) in [5, 5.41) is 23.9. The lowest BCUT2D eigenvalue weighted by atomic mass is 9.52. The standard InChI is InChI=1S/C8H14N2O2/c1-7(2)5(9-11)8(3,4)6(7)10-12/h11-12H,1-4H3. The third-order valence-corrected chi connectivity index (χ3v) is 2.57. The molecule has 1 fully saturated rings. The maximum atomic E-state index is 8.72. The van der Waals surface area contributed by atoms with Crippen LogP contribution in [0.1, 0.15) is 27.7 Å². The molecule has 4 nitrogen and oxygen atoms in total. The van der Waals surface area contributed by atoms with Crippen LogP contribution in [0.4, 0.5) is 0 Å². The van der Waals surface area contributed by atoms with Crippen molar-refractivity contribution in [1.29, 1.82) is 0 Å². The second-order valence-electron chi connectivity index (χ2n) is 4.15. The Hall–Kier alpha value is -1.06. The Kier molecular flexibility index (Phi) is 1.67. The van der Waals surface area contributed by atoms with Crippen LogP contribution in [0, 0.1) is 10.8 Å². The average Bonchev–Trinajstić information content (AvgIpc) is 1.85. The second kappa shape index (κ2) is 2.21. The fraction of sp³-hybridized carbons (Fsp3) is 0.750. The lowest BCUT2D eigenvalue weighted by molar-refractivity contribution is 0.278. The highest BCUT2D eigenvalue weighted by molar-refractivity contribution is 6.33. The van der Waals surface area contributed by atoms with E-state index in [4.69, 9.17) is 10.4 Å². The first-order chi connectivity index (χ1) is 5.39. The van der Waals surface area contributed by atoms with E-state index in [0.29, 0.717) is 11.4 Å². The summed E-state index contributed by atoms with van der Waals surface area (Å²) in [6.07, 6.45) is 0. The van der Waals surface area contributed by atoms with E-state index < -0.39 is 10.8 Å². The Labute approximate surface area is 71.6 Å². The van der Waals surface area contributed by atoms with Crippen molar-refractivity contribution >= 4 is 11.4 Å². The maximum Gasteiger partial charge on any atom is 0.0798 e. The monoisotopic (exact) mass is 170 g/mol. The number of hydrogen-bond donors (Lipinski definition) is 2. The van der Waals surface area contributed by atoms with Gasteiger partial charge in [-0.3, -0.25) is 0 Å². The van der Waals surface area contributed by atoms with Gasteiger partial charge < -0.3 is 10.4 Å². The summed E-state index contributed by atoms with van der Waals surface area (Å²) in [7, 11) is 0.